The molecule has 2 aliphatic rings. The van der Waals surface area contributed by atoms with Crippen molar-refractivity contribution in [1.82, 2.24) is 20.4 Å². The van der Waals surface area contributed by atoms with Gasteiger partial charge in [0.1, 0.15) is 0 Å². The van der Waals surface area contributed by atoms with Gasteiger partial charge >= 0.3 is 0 Å². The average Bonchev–Trinajstić information content (AvgIpc) is 3.29. The molecule has 0 unspecified atom stereocenters. The number of benzene rings is 2. The number of fused-ring (bicyclic) bond motifs is 3. The maximum atomic E-state index is 4.60. The monoisotopic (exact) mass is 359 g/mol. The molecule has 3 N–H and O–H groups in total. The fraction of sp³-hybridized carbons (Fsp3) is 0.318. The maximum absolute atomic E-state index is 4.60. The smallest absolute Gasteiger partial charge is 0.0962 e. The van der Waals surface area contributed by atoms with Crippen molar-refractivity contribution in [2.24, 2.45) is 0 Å². The number of anilines is 1. The van der Waals surface area contributed by atoms with Crippen molar-refractivity contribution < 1.29 is 0 Å². The van der Waals surface area contributed by atoms with Crippen LogP contribution in [-0.2, 0) is 6.42 Å². The van der Waals surface area contributed by atoms with Gasteiger partial charge in [0, 0.05) is 68.1 Å². The summed E-state index contributed by atoms with van der Waals surface area (Å²) in [5, 5.41) is 14.8. The highest BCUT2D eigenvalue weighted by molar-refractivity contribution is 5.81. The first-order valence-electron chi connectivity index (χ1n) is 9.81. The Balaban J connectivity index is 1.26. The van der Waals surface area contributed by atoms with Crippen LogP contribution in [-0.4, -0.2) is 54.4 Å². The maximum Gasteiger partial charge on any atom is 0.0962 e. The second kappa shape index (κ2) is 7.18. The zero-order chi connectivity index (χ0) is 18.1. The van der Waals surface area contributed by atoms with Crippen molar-refractivity contribution in [2.45, 2.75) is 6.42 Å². The Morgan fingerprint density at radius 1 is 1.00 bits per heavy atom. The molecule has 0 atom stereocenters. The van der Waals surface area contributed by atoms with Crippen molar-refractivity contribution in [3.05, 3.63) is 59.7 Å². The van der Waals surface area contributed by atoms with Crippen molar-refractivity contribution in [1.29, 1.82) is 0 Å². The summed E-state index contributed by atoms with van der Waals surface area (Å²) in [7, 11) is 0. The molecule has 0 radical (unpaired) electrons. The van der Waals surface area contributed by atoms with Crippen LogP contribution in [0.3, 0.4) is 0 Å². The van der Waals surface area contributed by atoms with E-state index in [0.29, 0.717) is 0 Å². The molecule has 1 saturated heterocycles. The van der Waals surface area contributed by atoms with Crippen molar-refractivity contribution in [3.63, 3.8) is 0 Å². The Kier molecular flexibility index (Phi) is 4.40. The van der Waals surface area contributed by atoms with E-state index in [1.54, 1.807) is 0 Å². The van der Waals surface area contributed by atoms with Crippen LogP contribution in [0.5, 0.6) is 0 Å². The van der Waals surface area contributed by atoms with Crippen LogP contribution in [0.25, 0.3) is 22.5 Å². The molecule has 1 aliphatic heterocycles. The highest BCUT2D eigenvalue weighted by atomic mass is 15.2. The van der Waals surface area contributed by atoms with Crippen LogP contribution in [0.2, 0.25) is 0 Å². The van der Waals surface area contributed by atoms with Gasteiger partial charge in [-0.2, -0.15) is 5.10 Å². The molecule has 2 aromatic carbocycles. The van der Waals surface area contributed by atoms with Gasteiger partial charge in [-0.25, -0.2) is 0 Å². The van der Waals surface area contributed by atoms with Gasteiger partial charge in [0.15, 0.2) is 0 Å². The first-order chi connectivity index (χ1) is 13.4. The van der Waals surface area contributed by atoms with E-state index in [2.05, 4.69) is 74.3 Å². The van der Waals surface area contributed by atoms with Crippen molar-refractivity contribution >= 4 is 5.69 Å². The Hall–Kier alpha value is -2.63. The molecule has 5 rings (SSSR count). The van der Waals surface area contributed by atoms with Gasteiger partial charge in [-0.15, -0.1) is 0 Å². The third-order valence-corrected chi connectivity index (χ3v) is 5.65. The largest absolute Gasteiger partial charge is 0.384 e. The van der Waals surface area contributed by atoms with E-state index in [9.17, 15) is 0 Å². The first kappa shape index (κ1) is 16.5. The molecular weight excluding hydrogens is 334 g/mol. The lowest BCUT2D eigenvalue weighted by molar-refractivity contribution is 0.249. The van der Waals surface area contributed by atoms with Gasteiger partial charge < -0.3 is 10.6 Å². The predicted molar refractivity (Wildman–Crippen MR) is 110 cm³/mol. The molecule has 5 nitrogen and oxygen atoms in total. The highest BCUT2D eigenvalue weighted by Gasteiger charge is 2.24. The minimum absolute atomic E-state index is 0.960. The minimum Gasteiger partial charge on any atom is -0.384 e. The van der Waals surface area contributed by atoms with E-state index in [0.717, 1.165) is 51.4 Å². The molecule has 0 bridgehead atoms. The molecule has 0 spiro atoms. The van der Waals surface area contributed by atoms with Crippen LogP contribution in [0.4, 0.5) is 5.69 Å². The summed E-state index contributed by atoms with van der Waals surface area (Å²) in [5.41, 5.74) is 8.59. The summed E-state index contributed by atoms with van der Waals surface area (Å²) < 4.78 is 0. The number of piperazine rings is 1. The van der Waals surface area contributed by atoms with Gasteiger partial charge in [-0.1, -0.05) is 36.4 Å². The summed E-state index contributed by atoms with van der Waals surface area (Å²) in [6.07, 6.45) is 0.960. The third-order valence-electron chi connectivity index (χ3n) is 5.65. The number of rotatable bonds is 5. The van der Waals surface area contributed by atoms with Gasteiger partial charge in [0.05, 0.1) is 11.4 Å². The quantitative estimate of drug-likeness (QED) is 0.513. The Morgan fingerprint density at radius 3 is 2.67 bits per heavy atom. The molecule has 1 aliphatic carbocycles. The highest BCUT2D eigenvalue weighted by Crippen LogP contribution is 2.39. The lowest BCUT2D eigenvalue weighted by atomic mass is 10.1. The van der Waals surface area contributed by atoms with E-state index in [4.69, 9.17) is 0 Å². The third kappa shape index (κ3) is 3.24. The molecule has 1 aromatic heterocycles. The zero-order valence-electron chi connectivity index (χ0n) is 15.5. The van der Waals surface area contributed by atoms with Gasteiger partial charge in [-0.3, -0.25) is 10.00 Å². The number of aromatic nitrogens is 2. The molecule has 2 heterocycles. The number of nitrogens with one attached hydrogen (secondary N) is 3. The van der Waals surface area contributed by atoms with Crippen molar-refractivity contribution in [2.75, 3.05) is 44.6 Å². The Bertz CT molecular complexity index is 922. The van der Waals surface area contributed by atoms with Gasteiger partial charge in [-0.05, 0) is 17.7 Å². The second-order valence-electron chi connectivity index (χ2n) is 7.36. The number of aromatic amines is 1. The number of nitrogens with zero attached hydrogens (tertiary/aromatic N) is 2. The van der Waals surface area contributed by atoms with Crippen LogP contribution in [0, 0.1) is 0 Å². The molecular formula is C22H25N5. The van der Waals surface area contributed by atoms with Crippen LogP contribution in [0.15, 0.2) is 48.5 Å². The molecule has 138 valence electrons. The summed E-state index contributed by atoms with van der Waals surface area (Å²) in [5.74, 6) is 0. The summed E-state index contributed by atoms with van der Waals surface area (Å²) in [6, 6.07) is 17.3. The molecule has 0 amide bonds. The fourth-order valence-electron chi connectivity index (χ4n) is 4.15. The molecule has 3 aromatic rings. The molecule has 5 heteroatoms. The van der Waals surface area contributed by atoms with Crippen LogP contribution < -0.4 is 10.6 Å². The van der Waals surface area contributed by atoms with Gasteiger partial charge in [0.25, 0.3) is 0 Å². The normalized spacial score (nSPS) is 16.1. The van der Waals surface area contributed by atoms with E-state index < -0.39 is 0 Å². The lowest BCUT2D eigenvalue weighted by Crippen LogP contribution is -2.45. The van der Waals surface area contributed by atoms with E-state index in [1.165, 1.54) is 33.6 Å². The number of hydrogen-bond donors (Lipinski definition) is 3. The summed E-state index contributed by atoms with van der Waals surface area (Å²) in [4.78, 5) is 2.50. The predicted octanol–water partition coefficient (Wildman–Crippen LogP) is 2.97. The fourth-order valence-corrected chi connectivity index (χ4v) is 4.15. The molecule has 27 heavy (non-hydrogen) atoms. The SMILES string of the molecule is c1ccc2c(c1)Cc1c(-c3ccc(NCCN4CCNCC4)cc3)n[nH]c1-2. The Morgan fingerprint density at radius 2 is 1.81 bits per heavy atom. The summed E-state index contributed by atoms with van der Waals surface area (Å²) >= 11 is 0. The van der Waals surface area contributed by atoms with E-state index >= 15 is 0 Å². The molecule has 0 saturated carbocycles. The standard InChI is InChI=1S/C22H25N5/c1-2-4-19-17(3-1)15-20-21(25-26-22(19)20)16-5-7-18(8-6-16)24-11-14-27-12-9-23-10-13-27/h1-8,23-24H,9-15H2,(H,25,26). The van der Waals surface area contributed by atoms with E-state index in [1.807, 2.05) is 0 Å². The first-order valence-corrected chi connectivity index (χ1v) is 9.81. The minimum atomic E-state index is 0.960. The van der Waals surface area contributed by atoms with E-state index in [-0.39, 0.29) is 0 Å². The number of hydrogen-bond acceptors (Lipinski definition) is 4. The van der Waals surface area contributed by atoms with Crippen LogP contribution >= 0.6 is 0 Å². The zero-order valence-corrected chi connectivity index (χ0v) is 15.5. The molecule has 1 fully saturated rings. The van der Waals surface area contributed by atoms with Crippen molar-refractivity contribution in [3.8, 4) is 22.5 Å². The number of H-pyrrole nitrogens is 1. The summed E-state index contributed by atoms with van der Waals surface area (Å²) in [6.45, 7) is 6.57. The van der Waals surface area contributed by atoms with Gasteiger partial charge in [0.2, 0.25) is 0 Å². The lowest BCUT2D eigenvalue weighted by Gasteiger charge is -2.27. The second-order valence-corrected chi connectivity index (χ2v) is 7.36. The van der Waals surface area contributed by atoms with Crippen LogP contribution in [0.1, 0.15) is 11.1 Å². The average molecular weight is 359 g/mol. The Labute approximate surface area is 159 Å². The topological polar surface area (TPSA) is 56.0 Å².